The quantitative estimate of drug-likeness (QED) is 0.219. The molecule has 2 aliphatic heterocycles. The van der Waals surface area contributed by atoms with Crippen LogP contribution in [0.4, 0.5) is 0 Å². The van der Waals surface area contributed by atoms with Crippen molar-refractivity contribution in [2.24, 2.45) is 10.4 Å². The van der Waals surface area contributed by atoms with Crippen LogP contribution < -0.4 is 10.6 Å². The van der Waals surface area contributed by atoms with E-state index in [1.807, 2.05) is 0 Å². The fraction of sp³-hybridized carbons (Fsp3) is 0.882. The Balaban J connectivity index is 0.00000338. The molecule has 0 aromatic heterocycles. The molecule has 0 bridgehead atoms. The summed E-state index contributed by atoms with van der Waals surface area (Å²) in [5.41, 5.74) is 0.183. The van der Waals surface area contributed by atoms with Crippen molar-refractivity contribution in [1.29, 1.82) is 0 Å². The van der Waals surface area contributed by atoms with Crippen molar-refractivity contribution < 1.29 is 14.3 Å². The number of guanidine groups is 1. The maximum Gasteiger partial charge on any atom is 0.234 e. The highest BCUT2D eigenvalue weighted by molar-refractivity contribution is 14.0. The average molecular weight is 483 g/mol. The van der Waals surface area contributed by atoms with E-state index in [1.54, 1.807) is 7.11 Å². The summed E-state index contributed by atoms with van der Waals surface area (Å²) in [6.45, 7) is 12.6. The number of ether oxygens (including phenoxy) is 2. The number of amides is 1. The third-order valence-electron chi connectivity index (χ3n) is 4.51. The topological polar surface area (TPSA) is 78.4 Å². The molecule has 9 heteroatoms. The van der Waals surface area contributed by atoms with Crippen LogP contribution in [0.5, 0.6) is 0 Å². The first-order valence-corrected chi connectivity index (χ1v) is 9.15. The molecule has 2 rings (SSSR count). The van der Waals surface area contributed by atoms with Gasteiger partial charge in [-0.15, -0.1) is 24.0 Å². The summed E-state index contributed by atoms with van der Waals surface area (Å²) in [5, 5.41) is 6.25. The number of methoxy groups -OCH3 is 1. The lowest BCUT2D eigenvalue weighted by Crippen LogP contribution is -2.54. The standard InChI is InChI=1S/C17H33N5O3.HI/c1-4-18-16(20-12-17(2)13-25-14-17)22-8-6-21(7-9-22)11-15(23)19-5-10-24-3;/h4-14H2,1-3H3,(H,18,20)(H,19,23);1H. The molecule has 2 saturated heterocycles. The molecule has 0 aliphatic carbocycles. The van der Waals surface area contributed by atoms with E-state index in [1.165, 1.54) is 0 Å². The SMILES string of the molecule is CCNC(=NCC1(C)COC1)N1CCN(CC(=O)NCCOC)CC1.I. The molecular formula is C17H34IN5O3. The van der Waals surface area contributed by atoms with Gasteiger partial charge in [-0.25, -0.2) is 0 Å². The molecule has 8 nitrogen and oxygen atoms in total. The second kappa shape index (κ2) is 11.9. The maximum atomic E-state index is 11.9. The molecule has 2 fully saturated rings. The van der Waals surface area contributed by atoms with Gasteiger partial charge in [-0.05, 0) is 6.92 Å². The summed E-state index contributed by atoms with van der Waals surface area (Å²) in [4.78, 5) is 21.2. The first-order valence-electron chi connectivity index (χ1n) is 9.15. The van der Waals surface area contributed by atoms with Crippen LogP contribution >= 0.6 is 24.0 Å². The molecule has 152 valence electrons. The summed E-state index contributed by atoms with van der Waals surface area (Å²) in [6, 6.07) is 0. The van der Waals surface area contributed by atoms with E-state index in [0.717, 1.165) is 58.4 Å². The van der Waals surface area contributed by atoms with Gasteiger partial charge in [-0.1, -0.05) is 6.92 Å². The Hall–Kier alpha value is -0.650. The van der Waals surface area contributed by atoms with Crippen molar-refractivity contribution in [2.45, 2.75) is 13.8 Å². The highest BCUT2D eigenvalue weighted by atomic mass is 127. The average Bonchev–Trinajstić information content (AvgIpc) is 2.58. The number of piperazine rings is 1. The van der Waals surface area contributed by atoms with Gasteiger partial charge in [-0.2, -0.15) is 0 Å². The summed E-state index contributed by atoms with van der Waals surface area (Å²) < 4.78 is 10.2. The van der Waals surface area contributed by atoms with Gasteiger partial charge in [0.25, 0.3) is 0 Å². The smallest absolute Gasteiger partial charge is 0.234 e. The fourth-order valence-corrected chi connectivity index (χ4v) is 2.90. The van der Waals surface area contributed by atoms with Gasteiger partial charge in [0.1, 0.15) is 0 Å². The number of carbonyl (C=O) groups excluding carboxylic acids is 1. The van der Waals surface area contributed by atoms with Crippen molar-refractivity contribution in [1.82, 2.24) is 20.4 Å². The minimum atomic E-state index is 0. The molecule has 1 amide bonds. The molecule has 2 N–H and O–H groups in total. The zero-order chi connectivity index (χ0) is 18.1. The van der Waals surface area contributed by atoms with E-state index < -0.39 is 0 Å². The molecule has 2 aliphatic rings. The number of nitrogens with one attached hydrogen (secondary N) is 2. The summed E-state index contributed by atoms with van der Waals surface area (Å²) in [7, 11) is 1.63. The Kier molecular flexibility index (Phi) is 10.7. The van der Waals surface area contributed by atoms with Crippen LogP contribution in [-0.4, -0.2) is 101 Å². The summed E-state index contributed by atoms with van der Waals surface area (Å²) in [5.74, 6) is 1.03. The molecule has 0 aromatic rings. The molecule has 0 spiro atoms. The number of aliphatic imine (C=N–C) groups is 1. The second-order valence-corrected chi connectivity index (χ2v) is 7.08. The van der Waals surface area contributed by atoms with Gasteiger partial charge in [0, 0.05) is 51.8 Å². The third kappa shape index (κ3) is 7.53. The van der Waals surface area contributed by atoms with Crippen LogP contribution in [0.3, 0.4) is 0 Å². The van der Waals surface area contributed by atoms with Crippen molar-refractivity contribution in [3.63, 3.8) is 0 Å². The molecule has 0 radical (unpaired) electrons. The minimum absolute atomic E-state index is 0. The predicted molar refractivity (Wildman–Crippen MR) is 113 cm³/mol. The van der Waals surface area contributed by atoms with E-state index in [2.05, 4.69) is 34.3 Å². The number of hydrogen-bond acceptors (Lipinski definition) is 5. The van der Waals surface area contributed by atoms with Gasteiger partial charge in [0.15, 0.2) is 5.96 Å². The first kappa shape index (κ1) is 23.4. The van der Waals surface area contributed by atoms with E-state index in [9.17, 15) is 4.79 Å². The number of carbonyl (C=O) groups is 1. The number of nitrogens with zero attached hydrogens (tertiary/aromatic N) is 3. The molecule has 2 heterocycles. The van der Waals surface area contributed by atoms with Gasteiger partial charge in [0.05, 0.1) is 32.9 Å². The lowest BCUT2D eigenvalue weighted by Gasteiger charge is -2.39. The lowest BCUT2D eigenvalue weighted by atomic mass is 9.89. The summed E-state index contributed by atoms with van der Waals surface area (Å²) >= 11 is 0. The van der Waals surface area contributed by atoms with E-state index in [0.29, 0.717) is 19.7 Å². The Bertz CT molecular complexity index is 452. The van der Waals surface area contributed by atoms with Crippen LogP contribution in [0.2, 0.25) is 0 Å². The largest absolute Gasteiger partial charge is 0.383 e. The zero-order valence-electron chi connectivity index (χ0n) is 16.3. The molecule has 0 unspecified atom stereocenters. The summed E-state index contributed by atoms with van der Waals surface area (Å²) in [6.07, 6.45) is 0. The van der Waals surface area contributed by atoms with Crippen molar-refractivity contribution >= 4 is 35.8 Å². The van der Waals surface area contributed by atoms with Crippen LogP contribution in [0.1, 0.15) is 13.8 Å². The van der Waals surface area contributed by atoms with E-state index in [-0.39, 0.29) is 35.3 Å². The Morgan fingerprint density at radius 2 is 1.92 bits per heavy atom. The molecule has 26 heavy (non-hydrogen) atoms. The number of rotatable bonds is 8. The predicted octanol–water partition coefficient (Wildman–Crippen LogP) is -0.0134. The highest BCUT2D eigenvalue weighted by Crippen LogP contribution is 2.26. The van der Waals surface area contributed by atoms with Crippen molar-refractivity contribution in [3.05, 3.63) is 0 Å². The van der Waals surface area contributed by atoms with E-state index in [4.69, 9.17) is 14.5 Å². The van der Waals surface area contributed by atoms with Crippen LogP contribution in [0.25, 0.3) is 0 Å². The highest BCUT2D eigenvalue weighted by Gasteiger charge is 2.33. The lowest BCUT2D eigenvalue weighted by molar-refractivity contribution is -0.122. The third-order valence-corrected chi connectivity index (χ3v) is 4.51. The van der Waals surface area contributed by atoms with Gasteiger partial charge >= 0.3 is 0 Å². The van der Waals surface area contributed by atoms with Crippen molar-refractivity contribution in [2.75, 3.05) is 79.3 Å². The number of hydrogen-bond donors (Lipinski definition) is 2. The second-order valence-electron chi connectivity index (χ2n) is 7.08. The Morgan fingerprint density at radius 1 is 1.23 bits per heavy atom. The van der Waals surface area contributed by atoms with Crippen molar-refractivity contribution in [3.8, 4) is 0 Å². The van der Waals surface area contributed by atoms with Crippen LogP contribution in [0.15, 0.2) is 4.99 Å². The minimum Gasteiger partial charge on any atom is -0.383 e. The van der Waals surface area contributed by atoms with Crippen LogP contribution in [-0.2, 0) is 14.3 Å². The fourth-order valence-electron chi connectivity index (χ4n) is 2.90. The maximum absolute atomic E-state index is 11.9. The molecular weight excluding hydrogens is 449 g/mol. The molecule has 0 aromatic carbocycles. The van der Waals surface area contributed by atoms with E-state index >= 15 is 0 Å². The van der Waals surface area contributed by atoms with Gasteiger partial charge in [-0.3, -0.25) is 14.7 Å². The number of halogens is 1. The normalized spacial score (nSPS) is 20.1. The molecule has 0 saturated carbocycles. The first-order chi connectivity index (χ1) is 12.1. The van der Waals surface area contributed by atoms with Crippen LogP contribution in [0, 0.1) is 5.41 Å². The van der Waals surface area contributed by atoms with Gasteiger partial charge < -0.3 is 25.0 Å². The Labute approximate surface area is 174 Å². The van der Waals surface area contributed by atoms with Gasteiger partial charge in [0.2, 0.25) is 5.91 Å². The zero-order valence-corrected chi connectivity index (χ0v) is 18.6. The monoisotopic (exact) mass is 483 g/mol. The molecule has 0 atom stereocenters. The Morgan fingerprint density at radius 3 is 2.46 bits per heavy atom.